The van der Waals surface area contributed by atoms with Crippen LogP contribution in [0.15, 0.2) is 23.2 Å². The van der Waals surface area contributed by atoms with E-state index in [0.717, 1.165) is 6.20 Å². The number of hydrogen-bond donors (Lipinski definition) is 4. The van der Waals surface area contributed by atoms with Gasteiger partial charge in [0, 0.05) is 23.7 Å². The van der Waals surface area contributed by atoms with E-state index in [1.54, 1.807) is 34.6 Å². The van der Waals surface area contributed by atoms with E-state index in [2.05, 4.69) is 20.3 Å². The summed E-state index contributed by atoms with van der Waals surface area (Å²) in [4.78, 5) is 26.6. The van der Waals surface area contributed by atoms with Crippen molar-refractivity contribution in [1.29, 1.82) is 0 Å². The normalized spacial score (nSPS) is 12.5. The number of carboxylic acids is 1. The zero-order valence-electron chi connectivity index (χ0n) is 15.6. The Balaban J connectivity index is 2.72. The second kappa shape index (κ2) is 8.00. The number of carboxylic acid groups (broad SMARTS) is 1. The van der Waals surface area contributed by atoms with Crippen LogP contribution in [0.25, 0.3) is 0 Å². The van der Waals surface area contributed by atoms with Gasteiger partial charge < -0.3 is 10.4 Å². The van der Waals surface area contributed by atoms with Gasteiger partial charge in [0.05, 0.1) is 0 Å². The number of hydrogen-bond acceptors (Lipinski definition) is 5. The van der Waals surface area contributed by atoms with Crippen LogP contribution in [-0.4, -0.2) is 41.6 Å². The van der Waals surface area contributed by atoms with Crippen molar-refractivity contribution in [2.24, 2.45) is 0 Å². The highest BCUT2D eigenvalue weighted by molar-refractivity contribution is 7.89. The SMILES string of the molecule is CC(C)(C)NS(=O)(=O)c1ccc(NC(=O)NC(C)(C)CCC(=O)O)nc1. The topological polar surface area (TPSA) is 137 Å². The van der Waals surface area contributed by atoms with E-state index < -0.39 is 33.1 Å². The van der Waals surface area contributed by atoms with Gasteiger partial charge in [-0.1, -0.05) is 0 Å². The molecular weight excluding hydrogens is 360 g/mol. The van der Waals surface area contributed by atoms with Crippen molar-refractivity contribution >= 4 is 27.8 Å². The standard InChI is InChI=1S/C16H26N4O5S/c1-15(2,3)20-26(24,25)11-6-7-12(17-10-11)18-14(23)19-16(4,5)9-8-13(21)22/h6-7,10,20H,8-9H2,1-5H3,(H,21,22)(H2,17,18,19,23). The second-order valence-electron chi connectivity index (χ2n) is 7.59. The van der Waals surface area contributed by atoms with E-state index in [4.69, 9.17) is 5.11 Å². The van der Waals surface area contributed by atoms with Crippen LogP contribution in [0.1, 0.15) is 47.5 Å². The number of aliphatic carboxylic acids is 1. The van der Waals surface area contributed by atoms with E-state index in [0.29, 0.717) is 0 Å². The van der Waals surface area contributed by atoms with Gasteiger partial charge in [-0.05, 0) is 53.2 Å². The first-order valence-corrected chi connectivity index (χ1v) is 9.49. The molecule has 0 unspecified atom stereocenters. The Morgan fingerprint density at radius 1 is 1.15 bits per heavy atom. The van der Waals surface area contributed by atoms with E-state index in [1.807, 2.05) is 0 Å². The van der Waals surface area contributed by atoms with Gasteiger partial charge in [-0.3, -0.25) is 10.1 Å². The van der Waals surface area contributed by atoms with Crippen LogP contribution >= 0.6 is 0 Å². The summed E-state index contributed by atoms with van der Waals surface area (Å²) in [6, 6.07) is 2.16. The maximum atomic E-state index is 12.2. The van der Waals surface area contributed by atoms with Crippen molar-refractivity contribution < 1.29 is 23.1 Å². The number of amides is 2. The Labute approximate surface area is 153 Å². The quantitative estimate of drug-likeness (QED) is 0.565. The minimum atomic E-state index is -3.70. The van der Waals surface area contributed by atoms with Crippen molar-refractivity contribution in [3.63, 3.8) is 0 Å². The number of pyridine rings is 1. The molecule has 0 atom stereocenters. The lowest BCUT2D eigenvalue weighted by Gasteiger charge is -2.25. The van der Waals surface area contributed by atoms with Crippen LogP contribution in [0.2, 0.25) is 0 Å². The smallest absolute Gasteiger partial charge is 0.320 e. The molecule has 10 heteroatoms. The molecule has 2 amide bonds. The third kappa shape index (κ3) is 7.79. The monoisotopic (exact) mass is 386 g/mol. The van der Waals surface area contributed by atoms with Crippen molar-refractivity contribution in [3.05, 3.63) is 18.3 Å². The minimum Gasteiger partial charge on any atom is -0.481 e. The summed E-state index contributed by atoms with van der Waals surface area (Å²) >= 11 is 0. The van der Waals surface area contributed by atoms with Crippen molar-refractivity contribution in [1.82, 2.24) is 15.0 Å². The molecule has 146 valence electrons. The second-order valence-corrected chi connectivity index (χ2v) is 9.27. The van der Waals surface area contributed by atoms with Crippen LogP contribution in [0.5, 0.6) is 0 Å². The molecule has 0 radical (unpaired) electrons. The Morgan fingerprint density at radius 3 is 2.23 bits per heavy atom. The Hall–Kier alpha value is -2.20. The molecule has 26 heavy (non-hydrogen) atoms. The molecule has 4 N–H and O–H groups in total. The summed E-state index contributed by atoms with van der Waals surface area (Å²) in [5.74, 6) is -0.770. The van der Waals surface area contributed by atoms with Crippen LogP contribution in [0.4, 0.5) is 10.6 Å². The zero-order valence-corrected chi connectivity index (χ0v) is 16.4. The highest BCUT2D eigenvalue weighted by Gasteiger charge is 2.23. The summed E-state index contributed by atoms with van der Waals surface area (Å²) in [6.45, 7) is 8.59. The molecule has 0 aliphatic heterocycles. The molecule has 0 saturated carbocycles. The molecule has 0 bridgehead atoms. The molecule has 9 nitrogen and oxygen atoms in total. The Kier molecular flexibility index (Phi) is 6.72. The van der Waals surface area contributed by atoms with Crippen molar-refractivity contribution in [2.45, 2.75) is 63.4 Å². The van der Waals surface area contributed by atoms with Gasteiger partial charge in [-0.15, -0.1) is 0 Å². The van der Waals surface area contributed by atoms with E-state index in [1.165, 1.54) is 12.1 Å². The number of nitrogens with zero attached hydrogens (tertiary/aromatic N) is 1. The molecule has 1 aromatic rings. The van der Waals surface area contributed by atoms with Gasteiger partial charge in [0.25, 0.3) is 0 Å². The number of rotatable bonds is 7. The molecule has 0 aliphatic rings. The molecule has 0 aromatic carbocycles. The van der Waals surface area contributed by atoms with Crippen LogP contribution < -0.4 is 15.4 Å². The lowest BCUT2D eigenvalue weighted by Crippen LogP contribution is -2.45. The fraction of sp³-hybridized carbons (Fsp3) is 0.562. The van der Waals surface area contributed by atoms with Crippen LogP contribution in [-0.2, 0) is 14.8 Å². The average molecular weight is 386 g/mol. The summed E-state index contributed by atoms with van der Waals surface area (Å²) in [5, 5.41) is 13.9. The average Bonchev–Trinajstić information content (AvgIpc) is 2.42. The van der Waals surface area contributed by atoms with Gasteiger partial charge >= 0.3 is 12.0 Å². The third-order valence-corrected chi connectivity index (χ3v) is 4.89. The molecule has 0 fully saturated rings. The molecule has 1 aromatic heterocycles. The number of anilines is 1. The summed E-state index contributed by atoms with van der Waals surface area (Å²) in [5.41, 5.74) is -1.35. The summed E-state index contributed by atoms with van der Waals surface area (Å²) in [7, 11) is -3.70. The highest BCUT2D eigenvalue weighted by atomic mass is 32.2. The predicted molar refractivity (Wildman–Crippen MR) is 97.4 cm³/mol. The molecule has 1 rings (SSSR count). The highest BCUT2D eigenvalue weighted by Crippen LogP contribution is 2.15. The fourth-order valence-electron chi connectivity index (χ4n) is 2.01. The zero-order chi connectivity index (χ0) is 20.2. The molecular formula is C16H26N4O5S. The van der Waals surface area contributed by atoms with Crippen LogP contribution in [0.3, 0.4) is 0 Å². The lowest BCUT2D eigenvalue weighted by atomic mass is 9.99. The maximum Gasteiger partial charge on any atom is 0.320 e. The van der Waals surface area contributed by atoms with Gasteiger partial charge in [0.1, 0.15) is 10.7 Å². The van der Waals surface area contributed by atoms with Gasteiger partial charge in [0.2, 0.25) is 10.0 Å². The van der Waals surface area contributed by atoms with Gasteiger partial charge in [0.15, 0.2) is 0 Å². The van der Waals surface area contributed by atoms with Crippen LogP contribution in [0, 0.1) is 0 Å². The molecule has 0 aliphatic carbocycles. The number of sulfonamides is 1. The first kappa shape index (κ1) is 21.8. The van der Waals surface area contributed by atoms with E-state index in [9.17, 15) is 18.0 Å². The van der Waals surface area contributed by atoms with Gasteiger partial charge in [-0.2, -0.15) is 0 Å². The number of carbonyl (C=O) groups is 2. The number of aromatic nitrogens is 1. The Morgan fingerprint density at radius 2 is 1.77 bits per heavy atom. The number of nitrogens with one attached hydrogen (secondary N) is 3. The lowest BCUT2D eigenvalue weighted by molar-refractivity contribution is -0.137. The minimum absolute atomic E-state index is 0.0137. The van der Waals surface area contributed by atoms with Crippen molar-refractivity contribution in [2.75, 3.05) is 5.32 Å². The number of carbonyl (C=O) groups excluding carboxylic acids is 1. The summed E-state index contributed by atoms with van der Waals surface area (Å²) < 4.78 is 26.9. The fourth-order valence-corrected chi connectivity index (χ4v) is 3.37. The predicted octanol–water partition coefficient (Wildman–Crippen LogP) is 1.92. The third-order valence-electron chi connectivity index (χ3n) is 3.14. The number of urea groups is 1. The molecule has 0 saturated heterocycles. The largest absolute Gasteiger partial charge is 0.481 e. The van der Waals surface area contributed by atoms with Gasteiger partial charge in [-0.25, -0.2) is 22.9 Å². The summed E-state index contributed by atoms with van der Waals surface area (Å²) in [6.07, 6.45) is 1.34. The van der Waals surface area contributed by atoms with Crippen molar-refractivity contribution in [3.8, 4) is 0 Å². The maximum absolute atomic E-state index is 12.2. The van der Waals surface area contributed by atoms with E-state index >= 15 is 0 Å². The van der Waals surface area contributed by atoms with E-state index in [-0.39, 0.29) is 23.6 Å². The molecule has 0 spiro atoms. The first-order valence-electron chi connectivity index (χ1n) is 8.01. The Bertz CT molecular complexity index is 752. The first-order chi connectivity index (χ1) is 11.7. The molecule has 1 heterocycles.